The van der Waals surface area contributed by atoms with E-state index in [1.165, 1.54) is 0 Å². The topological polar surface area (TPSA) is 75.6 Å². The lowest BCUT2D eigenvalue weighted by atomic mass is 9.86. The first-order chi connectivity index (χ1) is 11.6. The highest BCUT2D eigenvalue weighted by Gasteiger charge is 2.29. The van der Waals surface area contributed by atoms with Crippen molar-refractivity contribution < 1.29 is 19.4 Å². The molecule has 132 valence electrons. The number of hydrogen-bond donors (Lipinski definition) is 2. The van der Waals surface area contributed by atoms with E-state index in [0.29, 0.717) is 19.3 Å². The molecule has 2 atom stereocenters. The molecule has 2 rings (SSSR count). The molecular weight excluding hydrogens is 306 g/mol. The fraction of sp³-hybridized carbons (Fsp3) is 0.579. The zero-order chi connectivity index (χ0) is 17.4. The number of amides is 1. The maximum Gasteiger partial charge on any atom is 0.308 e. The van der Waals surface area contributed by atoms with Gasteiger partial charge in [-0.1, -0.05) is 43.9 Å². The molecule has 2 unspecified atom stereocenters. The Morgan fingerprint density at radius 3 is 2.58 bits per heavy atom. The molecule has 1 aliphatic carbocycles. The van der Waals surface area contributed by atoms with Crippen molar-refractivity contribution in [1.29, 1.82) is 0 Å². The van der Waals surface area contributed by atoms with Crippen LogP contribution in [-0.4, -0.2) is 30.1 Å². The number of nitrogens with one attached hydrogen (secondary N) is 1. The third-order valence-electron chi connectivity index (χ3n) is 4.74. The van der Waals surface area contributed by atoms with Crippen LogP contribution in [0.25, 0.3) is 0 Å². The minimum atomic E-state index is -0.799. The first kappa shape index (κ1) is 18.3. The molecule has 1 saturated carbocycles. The molecule has 1 aromatic rings. The average Bonchev–Trinajstić information content (AvgIpc) is 2.55. The molecule has 1 amide bonds. The van der Waals surface area contributed by atoms with Crippen LogP contribution >= 0.6 is 0 Å². The van der Waals surface area contributed by atoms with Crippen molar-refractivity contribution in [2.75, 3.05) is 7.11 Å². The van der Waals surface area contributed by atoms with Crippen molar-refractivity contribution in [2.45, 2.75) is 57.4 Å². The number of carboxylic acids is 1. The maximum atomic E-state index is 12.3. The van der Waals surface area contributed by atoms with Gasteiger partial charge >= 0.3 is 5.97 Å². The van der Waals surface area contributed by atoms with E-state index >= 15 is 0 Å². The van der Waals surface area contributed by atoms with Gasteiger partial charge in [0.1, 0.15) is 5.75 Å². The van der Waals surface area contributed by atoms with Crippen molar-refractivity contribution in [2.24, 2.45) is 5.92 Å². The lowest BCUT2D eigenvalue weighted by molar-refractivity contribution is -0.143. The summed E-state index contributed by atoms with van der Waals surface area (Å²) in [4.78, 5) is 23.8. The van der Waals surface area contributed by atoms with E-state index in [1.54, 1.807) is 7.11 Å². The zero-order valence-corrected chi connectivity index (χ0v) is 14.3. The normalized spacial score (nSPS) is 21.4. The molecule has 0 aliphatic heterocycles. The third kappa shape index (κ3) is 5.25. The van der Waals surface area contributed by atoms with Crippen LogP contribution < -0.4 is 10.1 Å². The predicted octanol–water partition coefficient (Wildman–Crippen LogP) is 3.17. The minimum absolute atomic E-state index is 0.0854. The first-order valence-electron chi connectivity index (χ1n) is 8.76. The Morgan fingerprint density at radius 2 is 1.88 bits per heavy atom. The average molecular weight is 333 g/mol. The fourth-order valence-corrected chi connectivity index (χ4v) is 3.39. The first-order valence-corrected chi connectivity index (χ1v) is 8.76. The summed E-state index contributed by atoms with van der Waals surface area (Å²) in [5.41, 5.74) is 0.989. The Kier molecular flexibility index (Phi) is 7.09. The van der Waals surface area contributed by atoms with Crippen LogP contribution in [0, 0.1) is 5.92 Å². The second kappa shape index (κ2) is 9.30. The van der Waals surface area contributed by atoms with Gasteiger partial charge < -0.3 is 15.2 Å². The molecular formula is C19H27NO4. The van der Waals surface area contributed by atoms with Crippen LogP contribution in [0.5, 0.6) is 5.75 Å². The van der Waals surface area contributed by atoms with E-state index in [0.717, 1.165) is 43.4 Å². The number of aryl methyl sites for hydroxylation is 1. The second-order valence-corrected chi connectivity index (χ2v) is 6.42. The summed E-state index contributed by atoms with van der Waals surface area (Å²) in [5.74, 6) is -0.579. The Morgan fingerprint density at radius 1 is 1.17 bits per heavy atom. The number of carbonyl (C=O) groups excluding carboxylic acids is 1. The van der Waals surface area contributed by atoms with Gasteiger partial charge in [-0.15, -0.1) is 0 Å². The quantitative estimate of drug-likeness (QED) is 0.838. The number of carboxylic acid groups (broad SMARTS) is 1. The molecule has 1 aliphatic rings. The van der Waals surface area contributed by atoms with E-state index < -0.39 is 11.9 Å². The van der Waals surface area contributed by atoms with Crippen LogP contribution in [0.2, 0.25) is 0 Å². The molecule has 1 aromatic carbocycles. The number of para-hydroxylation sites is 1. The number of aliphatic carboxylic acids is 1. The monoisotopic (exact) mass is 333 g/mol. The van der Waals surface area contributed by atoms with Crippen LogP contribution in [0.3, 0.4) is 0 Å². The van der Waals surface area contributed by atoms with Gasteiger partial charge in [0, 0.05) is 12.5 Å². The summed E-state index contributed by atoms with van der Waals surface area (Å²) in [7, 11) is 1.62. The molecule has 2 N–H and O–H groups in total. The molecule has 24 heavy (non-hydrogen) atoms. The lowest BCUT2D eigenvalue weighted by Crippen LogP contribution is -2.44. The van der Waals surface area contributed by atoms with Gasteiger partial charge in [0.2, 0.25) is 5.91 Å². The molecule has 0 radical (unpaired) electrons. The summed E-state index contributed by atoms with van der Waals surface area (Å²) in [6.07, 6.45) is 6.40. The molecule has 1 fully saturated rings. The number of rotatable bonds is 6. The number of carbonyl (C=O) groups is 2. The molecule has 0 spiro atoms. The van der Waals surface area contributed by atoms with Gasteiger partial charge in [-0.3, -0.25) is 9.59 Å². The molecule has 5 heteroatoms. The number of ether oxygens (including phenoxy) is 1. The van der Waals surface area contributed by atoms with Crippen LogP contribution in [-0.2, 0) is 16.0 Å². The Labute approximate surface area is 143 Å². The molecule has 0 bridgehead atoms. The van der Waals surface area contributed by atoms with Gasteiger partial charge in [-0.25, -0.2) is 0 Å². The Bertz CT molecular complexity index is 558. The van der Waals surface area contributed by atoms with Crippen molar-refractivity contribution in [1.82, 2.24) is 5.32 Å². The highest BCUT2D eigenvalue weighted by atomic mass is 16.5. The largest absolute Gasteiger partial charge is 0.496 e. The van der Waals surface area contributed by atoms with E-state index in [2.05, 4.69) is 5.32 Å². The van der Waals surface area contributed by atoms with Gasteiger partial charge in [-0.05, 0) is 30.9 Å². The third-order valence-corrected chi connectivity index (χ3v) is 4.74. The smallest absolute Gasteiger partial charge is 0.308 e. The van der Waals surface area contributed by atoms with E-state index in [9.17, 15) is 14.7 Å². The maximum absolute atomic E-state index is 12.3. The van der Waals surface area contributed by atoms with Gasteiger partial charge in [0.05, 0.1) is 13.0 Å². The minimum Gasteiger partial charge on any atom is -0.496 e. The summed E-state index contributed by atoms with van der Waals surface area (Å²) in [6.45, 7) is 0. The van der Waals surface area contributed by atoms with Gasteiger partial charge in [0.25, 0.3) is 0 Å². The standard InChI is InChI=1S/C19H27NO4/c1-24-17-11-7-6-8-14(17)12-13-18(21)20-16-10-5-3-2-4-9-15(16)19(22)23/h6-8,11,15-16H,2-5,9-10,12-13H2,1H3,(H,20,21)(H,22,23). The van der Waals surface area contributed by atoms with E-state index in [-0.39, 0.29) is 11.9 Å². The lowest BCUT2D eigenvalue weighted by Gasteiger charge is -2.27. The SMILES string of the molecule is COc1ccccc1CCC(=O)NC1CCCCCCC1C(=O)O. The molecule has 0 aromatic heterocycles. The number of methoxy groups -OCH3 is 1. The molecule has 0 saturated heterocycles. The number of hydrogen-bond acceptors (Lipinski definition) is 3. The summed E-state index contributed by atoms with van der Waals surface area (Å²) in [5, 5.41) is 12.4. The Balaban J connectivity index is 1.92. The highest BCUT2D eigenvalue weighted by Crippen LogP contribution is 2.24. The van der Waals surface area contributed by atoms with Crippen LogP contribution in [0.4, 0.5) is 0 Å². The summed E-state index contributed by atoms with van der Waals surface area (Å²) >= 11 is 0. The summed E-state index contributed by atoms with van der Waals surface area (Å²) < 4.78 is 5.30. The van der Waals surface area contributed by atoms with Crippen molar-refractivity contribution in [3.05, 3.63) is 29.8 Å². The van der Waals surface area contributed by atoms with Gasteiger partial charge in [-0.2, -0.15) is 0 Å². The fourth-order valence-electron chi connectivity index (χ4n) is 3.39. The summed E-state index contributed by atoms with van der Waals surface area (Å²) in [6, 6.07) is 7.39. The van der Waals surface area contributed by atoms with E-state index in [4.69, 9.17) is 4.74 Å². The number of benzene rings is 1. The van der Waals surface area contributed by atoms with Crippen molar-refractivity contribution in [3.63, 3.8) is 0 Å². The second-order valence-electron chi connectivity index (χ2n) is 6.42. The van der Waals surface area contributed by atoms with Crippen LogP contribution in [0.15, 0.2) is 24.3 Å². The van der Waals surface area contributed by atoms with Gasteiger partial charge in [0.15, 0.2) is 0 Å². The van der Waals surface area contributed by atoms with Crippen LogP contribution in [0.1, 0.15) is 50.5 Å². The predicted molar refractivity (Wildman–Crippen MR) is 92.1 cm³/mol. The highest BCUT2D eigenvalue weighted by molar-refractivity contribution is 5.78. The van der Waals surface area contributed by atoms with Crippen molar-refractivity contribution in [3.8, 4) is 5.75 Å². The van der Waals surface area contributed by atoms with E-state index in [1.807, 2.05) is 24.3 Å². The van der Waals surface area contributed by atoms with Crippen molar-refractivity contribution >= 4 is 11.9 Å². The molecule has 5 nitrogen and oxygen atoms in total. The zero-order valence-electron chi connectivity index (χ0n) is 14.3. The molecule has 0 heterocycles. The Hall–Kier alpha value is -2.04.